The minimum atomic E-state index is 0.447. The molecule has 1 N–H and O–H groups in total. The average Bonchev–Trinajstić information content (AvgIpc) is 2.82. The molecule has 0 radical (unpaired) electrons. The van der Waals surface area contributed by atoms with Crippen LogP contribution in [0.25, 0.3) is 16.7 Å². The zero-order valence-electron chi connectivity index (χ0n) is 10.6. The molecule has 0 atom stereocenters. The quantitative estimate of drug-likeness (QED) is 0.666. The molecule has 3 rings (SSSR count). The topological polar surface area (TPSA) is 68.3 Å². The van der Waals surface area contributed by atoms with Crippen LogP contribution in [-0.4, -0.2) is 9.55 Å². The van der Waals surface area contributed by atoms with Gasteiger partial charge in [-0.15, -0.1) is 0 Å². The van der Waals surface area contributed by atoms with Crippen molar-refractivity contribution in [1.82, 2.24) is 9.55 Å². The first-order valence-electron chi connectivity index (χ1n) is 5.99. The molecule has 0 aliphatic heterocycles. The molecule has 0 saturated carbocycles. The average molecular weight is 355 g/mol. The molecule has 0 aliphatic carbocycles. The number of nitrogens with zero attached hydrogens (tertiary/aromatic N) is 3. The molecule has 4 nitrogen and oxygen atoms in total. The molecule has 21 heavy (non-hydrogen) atoms. The Kier molecular flexibility index (Phi) is 3.34. The van der Waals surface area contributed by atoms with E-state index in [1.807, 2.05) is 12.1 Å². The lowest BCUT2D eigenvalue weighted by Gasteiger charge is -2.07. The van der Waals surface area contributed by atoms with Crippen LogP contribution in [0.1, 0.15) is 11.1 Å². The molecule has 0 aliphatic rings. The van der Waals surface area contributed by atoms with Crippen LogP contribution in [-0.2, 0) is 0 Å². The van der Waals surface area contributed by atoms with E-state index in [4.69, 9.17) is 12.2 Å². The Morgan fingerprint density at radius 3 is 2.57 bits per heavy atom. The number of fused-ring (bicyclic) bond motifs is 1. The Morgan fingerprint density at radius 2 is 1.86 bits per heavy atom. The summed E-state index contributed by atoms with van der Waals surface area (Å²) >= 11 is 8.78. The van der Waals surface area contributed by atoms with Crippen molar-refractivity contribution in [2.45, 2.75) is 0 Å². The summed E-state index contributed by atoms with van der Waals surface area (Å²) in [6, 6.07) is 15.1. The predicted molar refractivity (Wildman–Crippen MR) is 85.6 cm³/mol. The first kappa shape index (κ1) is 13.6. The number of benzene rings is 2. The highest BCUT2D eigenvalue weighted by atomic mass is 79.9. The summed E-state index contributed by atoms with van der Waals surface area (Å²) in [5.41, 5.74) is 3.16. The number of nitrogens with one attached hydrogen (secondary N) is 1. The largest absolute Gasteiger partial charge is 0.329 e. The molecule has 0 spiro atoms. The first-order chi connectivity index (χ1) is 10.2. The number of aromatic nitrogens is 2. The van der Waals surface area contributed by atoms with Gasteiger partial charge in [0.2, 0.25) is 0 Å². The molecule has 0 amide bonds. The van der Waals surface area contributed by atoms with Crippen molar-refractivity contribution in [2.24, 2.45) is 0 Å². The van der Waals surface area contributed by atoms with Crippen molar-refractivity contribution in [3.8, 4) is 17.8 Å². The summed E-state index contributed by atoms with van der Waals surface area (Å²) in [7, 11) is 0. The van der Waals surface area contributed by atoms with Crippen molar-refractivity contribution in [3.63, 3.8) is 0 Å². The van der Waals surface area contributed by atoms with Gasteiger partial charge in [0.05, 0.1) is 27.8 Å². The third kappa shape index (κ3) is 2.15. The maximum atomic E-state index is 9.30. The van der Waals surface area contributed by atoms with Crippen molar-refractivity contribution in [1.29, 1.82) is 10.5 Å². The third-order valence-electron chi connectivity index (χ3n) is 3.16. The van der Waals surface area contributed by atoms with Gasteiger partial charge in [0, 0.05) is 4.47 Å². The smallest absolute Gasteiger partial charge is 0.182 e. The number of halogens is 1. The normalized spacial score (nSPS) is 10.2. The molecule has 1 heterocycles. The SMILES string of the molecule is N#Cc1ccc(Br)cc1-n1c(=S)[nH]c2c(C#N)cccc21. The highest BCUT2D eigenvalue weighted by Crippen LogP contribution is 2.26. The van der Waals surface area contributed by atoms with Crippen LogP contribution in [0, 0.1) is 27.4 Å². The van der Waals surface area contributed by atoms with E-state index in [1.165, 1.54) is 0 Å². The molecule has 0 saturated heterocycles. The van der Waals surface area contributed by atoms with Crippen molar-refractivity contribution < 1.29 is 0 Å². The lowest BCUT2D eigenvalue weighted by Crippen LogP contribution is -1.97. The lowest BCUT2D eigenvalue weighted by atomic mass is 10.1. The highest BCUT2D eigenvalue weighted by Gasteiger charge is 2.13. The standard InChI is InChI=1S/C15H7BrN4S/c16-11-5-4-9(7-17)13(6-11)20-12-3-1-2-10(8-18)14(12)19-15(20)21/h1-6H,(H,19,21). The second-order valence-corrected chi connectivity index (χ2v) is 5.65. The van der Waals surface area contributed by atoms with Crippen molar-refractivity contribution >= 4 is 39.2 Å². The highest BCUT2D eigenvalue weighted by molar-refractivity contribution is 9.10. The van der Waals surface area contributed by atoms with Gasteiger partial charge < -0.3 is 4.98 Å². The minimum Gasteiger partial charge on any atom is -0.329 e. The molecule has 3 aromatic rings. The van der Waals surface area contributed by atoms with Crippen LogP contribution in [0.15, 0.2) is 40.9 Å². The predicted octanol–water partition coefficient (Wildman–Crippen LogP) is 4.19. The number of hydrogen-bond donors (Lipinski definition) is 1. The van der Waals surface area contributed by atoms with E-state index < -0.39 is 0 Å². The number of H-pyrrole nitrogens is 1. The number of nitriles is 2. The van der Waals surface area contributed by atoms with Gasteiger partial charge >= 0.3 is 0 Å². The number of para-hydroxylation sites is 1. The van der Waals surface area contributed by atoms with Crippen LogP contribution in [0.4, 0.5) is 0 Å². The van der Waals surface area contributed by atoms with E-state index in [-0.39, 0.29) is 0 Å². The summed E-state index contributed by atoms with van der Waals surface area (Å²) in [4.78, 5) is 3.05. The fraction of sp³-hybridized carbons (Fsp3) is 0. The number of aromatic amines is 1. The van der Waals surface area contributed by atoms with Crippen molar-refractivity contribution in [3.05, 3.63) is 56.8 Å². The molecule has 6 heteroatoms. The first-order valence-corrected chi connectivity index (χ1v) is 7.19. The van der Waals surface area contributed by atoms with E-state index in [0.29, 0.717) is 27.1 Å². The molecule has 2 aromatic carbocycles. The van der Waals surface area contributed by atoms with Gasteiger partial charge in [0.1, 0.15) is 12.1 Å². The van der Waals surface area contributed by atoms with Gasteiger partial charge in [-0.1, -0.05) is 22.0 Å². The summed E-state index contributed by atoms with van der Waals surface area (Å²) in [5, 5.41) is 18.5. The van der Waals surface area contributed by atoms with Gasteiger partial charge in [0.15, 0.2) is 4.77 Å². The van der Waals surface area contributed by atoms with Crippen LogP contribution >= 0.6 is 28.1 Å². The second kappa shape index (κ2) is 5.17. The molecule has 100 valence electrons. The van der Waals surface area contributed by atoms with Gasteiger partial charge in [-0.2, -0.15) is 10.5 Å². The van der Waals surface area contributed by atoms with Gasteiger partial charge in [-0.3, -0.25) is 4.57 Å². The Balaban J connectivity index is 2.46. The van der Waals surface area contributed by atoms with Crippen LogP contribution < -0.4 is 0 Å². The maximum absolute atomic E-state index is 9.30. The van der Waals surface area contributed by atoms with Crippen LogP contribution in [0.5, 0.6) is 0 Å². The van der Waals surface area contributed by atoms with Crippen LogP contribution in [0.3, 0.4) is 0 Å². The third-order valence-corrected chi connectivity index (χ3v) is 3.94. The lowest BCUT2D eigenvalue weighted by molar-refractivity contribution is 1.06. The Bertz CT molecular complexity index is 1000. The summed E-state index contributed by atoms with van der Waals surface area (Å²) < 4.78 is 3.07. The second-order valence-electron chi connectivity index (χ2n) is 4.35. The summed E-state index contributed by atoms with van der Waals surface area (Å²) in [5.74, 6) is 0. The van der Waals surface area contributed by atoms with E-state index in [2.05, 4.69) is 33.1 Å². The van der Waals surface area contributed by atoms with Gasteiger partial charge in [-0.05, 0) is 42.5 Å². The van der Waals surface area contributed by atoms with E-state index >= 15 is 0 Å². The number of rotatable bonds is 1. The van der Waals surface area contributed by atoms with E-state index in [0.717, 1.165) is 9.99 Å². The van der Waals surface area contributed by atoms with Crippen LogP contribution in [0.2, 0.25) is 0 Å². The molecular formula is C15H7BrN4S. The minimum absolute atomic E-state index is 0.447. The molecule has 0 unspecified atom stereocenters. The summed E-state index contributed by atoms with van der Waals surface area (Å²) in [6.07, 6.45) is 0. The van der Waals surface area contributed by atoms with E-state index in [9.17, 15) is 10.5 Å². The molecular weight excluding hydrogens is 348 g/mol. The zero-order chi connectivity index (χ0) is 15.0. The van der Waals surface area contributed by atoms with E-state index in [1.54, 1.807) is 28.8 Å². The fourth-order valence-electron chi connectivity index (χ4n) is 2.25. The Morgan fingerprint density at radius 1 is 1.10 bits per heavy atom. The fourth-order valence-corrected chi connectivity index (χ4v) is 2.89. The number of hydrogen-bond acceptors (Lipinski definition) is 3. The Hall–Kier alpha value is -2.41. The summed E-state index contributed by atoms with van der Waals surface area (Å²) in [6.45, 7) is 0. The van der Waals surface area contributed by atoms with Gasteiger partial charge in [0.25, 0.3) is 0 Å². The number of imidazole rings is 1. The molecule has 0 bridgehead atoms. The maximum Gasteiger partial charge on any atom is 0.182 e. The zero-order valence-corrected chi connectivity index (χ0v) is 13.0. The monoisotopic (exact) mass is 354 g/mol. The molecule has 1 aromatic heterocycles. The Labute approximate surface area is 134 Å². The molecule has 0 fully saturated rings. The van der Waals surface area contributed by atoms with Gasteiger partial charge in [-0.25, -0.2) is 0 Å². The van der Waals surface area contributed by atoms with Crippen molar-refractivity contribution in [2.75, 3.05) is 0 Å².